The summed E-state index contributed by atoms with van der Waals surface area (Å²) in [5.74, 6) is 0.845. The first-order valence-corrected chi connectivity index (χ1v) is 8.36. The first-order valence-electron chi connectivity index (χ1n) is 8.36. The van der Waals surface area contributed by atoms with Crippen LogP contribution in [0.3, 0.4) is 0 Å². The van der Waals surface area contributed by atoms with Crippen LogP contribution in [0.5, 0.6) is 11.5 Å². The summed E-state index contributed by atoms with van der Waals surface area (Å²) in [6, 6.07) is 11.2. The third-order valence-electron chi connectivity index (χ3n) is 4.47. The van der Waals surface area contributed by atoms with Crippen LogP contribution in [0, 0.1) is 5.82 Å². The summed E-state index contributed by atoms with van der Waals surface area (Å²) in [6.07, 6.45) is 3.50. The number of aromatic hydroxyl groups is 1. The fourth-order valence-corrected chi connectivity index (χ4v) is 3.06. The molecule has 0 fully saturated rings. The molecule has 0 saturated carbocycles. The Labute approximate surface area is 152 Å². The van der Waals surface area contributed by atoms with E-state index in [1.165, 1.54) is 13.2 Å². The minimum absolute atomic E-state index is 0.0714. The Balaban J connectivity index is 1.99. The summed E-state index contributed by atoms with van der Waals surface area (Å²) >= 11 is 0. The highest BCUT2D eigenvalue weighted by molar-refractivity contribution is 5.47. The molecule has 0 radical (unpaired) electrons. The normalized spacial score (nSPS) is 13.4. The van der Waals surface area contributed by atoms with Gasteiger partial charge in [0.15, 0.2) is 11.5 Å². The van der Waals surface area contributed by atoms with Gasteiger partial charge in [0.1, 0.15) is 11.6 Å². The molecule has 2 atom stereocenters. The van der Waals surface area contributed by atoms with Gasteiger partial charge in [0, 0.05) is 36.6 Å². The van der Waals surface area contributed by atoms with Crippen LogP contribution in [0.25, 0.3) is 0 Å². The maximum absolute atomic E-state index is 14.5. The molecule has 0 amide bonds. The molecule has 0 bridgehead atoms. The van der Waals surface area contributed by atoms with Gasteiger partial charge in [-0.25, -0.2) is 9.37 Å². The number of halogens is 1. The molecule has 1 heterocycles. The van der Waals surface area contributed by atoms with Crippen LogP contribution in [0.4, 0.5) is 4.39 Å². The van der Waals surface area contributed by atoms with Crippen LogP contribution >= 0.6 is 0 Å². The van der Waals surface area contributed by atoms with Gasteiger partial charge in [0.2, 0.25) is 0 Å². The van der Waals surface area contributed by atoms with Gasteiger partial charge >= 0.3 is 0 Å². The predicted octanol–water partition coefficient (Wildman–Crippen LogP) is 3.71. The van der Waals surface area contributed by atoms with Crippen molar-refractivity contribution in [2.45, 2.75) is 19.0 Å². The van der Waals surface area contributed by atoms with Gasteiger partial charge in [0.05, 0.1) is 13.2 Å². The standard InChI is InChI=1S/C20H22FN3O2/c1-13(14-8-6-10-17(26-3)19(14)25)23-18(20-22-11-12-24(20)2)15-7-4-5-9-16(15)21/h4-13,18,23,25H,1-3H3. The number of phenolic OH excluding ortho intramolecular Hbond substituents is 1. The lowest BCUT2D eigenvalue weighted by molar-refractivity contribution is 0.364. The molecule has 6 heteroatoms. The van der Waals surface area contributed by atoms with Crippen molar-refractivity contribution >= 4 is 0 Å². The van der Waals surface area contributed by atoms with Crippen LogP contribution in [0.15, 0.2) is 54.9 Å². The quantitative estimate of drug-likeness (QED) is 0.708. The van der Waals surface area contributed by atoms with E-state index in [4.69, 9.17) is 4.74 Å². The Bertz CT molecular complexity index is 894. The van der Waals surface area contributed by atoms with Gasteiger partial charge in [-0.2, -0.15) is 0 Å². The second-order valence-electron chi connectivity index (χ2n) is 6.14. The number of para-hydroxylation sites is 1. The maximum atomic E-state index is 14.5. The van der Waals surface area contributed by atoms with E-state index in [9.17, 15) is 9.50 Å². The molecule has 26 heavy (non-hydrogen) atoms. The van der Waals surface area contributed by atoms with Crippen molar-refractivity contribution < 1.29 is 14.2 Å². The molecule has 0 spiro atoms. The molecule has 0 aliphatic rings. The lowest BCUT2D eigenvalue weighted by atomic mass is 10.0. The van der Waals surface area contributed by atoms with Gasteiger partial charge in [-0.1, -0.05) is 30.3 Å². The molecule has 136 valence electrons. The Morgan fingerprint density at radius 2 is 1.88 bits per heavy atom. The molecule has 2 aromatic carbocycles. The summed E-state index contributed by atoms with van der Waals surface area (Å²) in [5.41, 5.74) is 1.16. The molecule has 0 aliphatic carbocycles. The molecular weight excluding hydrogens is 333 g/mol. The second-order valence-corrected chi connectivity index (χ2v) is 6.14. The van der Waals surface area contributed by atoms with Crippen LogP contribution < -0.4 is 10.1 Å². The van der Waals surface area contributed by atoms with Gasteiger partial charge in [-0.3, -0.25) is 5.32 Å². The first kappa shape index (κ1) is 17.9. The first-order chi connectivity index (χ1) is 12.5. The Morgan fingerprint density at radius 1 is 1.15 bits per heavy atom. The topological polar surface area (TPSA) is 59.3 Å². The number of nitrogens with one attached hydrogen (secondary N) is 1. The van der Waals surface area contributed by atoms with Crippen LogP contribution in [-0.2, 0) is 7.05 Å². The highest BCUT2D eigenvalue weighted by atomic mass is 19.1. The number of phenols is 1. The highest BCUT2D eigenvalue weighted by Crippen LogP contribution is 2.35. The van der Waals surface area contributed by atoms with E-state index < -0.39 is 6.04 Å². The number of ether oxygens (including phenoxy) is 1. The predicted molar refractivity (Wildman–Crippen MR) is 97.7 cm³/mol. The van der Waals surface area contributed by atoms with E-state index in [0.29, 0.717) is 22.7 Å². The summed E-state index contributed by atoms with van der Waals surface area (Å²) in [7, 11) is 3.37. The summed E-state index contributed by atoms with van der Waals surface area (Å²) < 4.78 is 21.5. The average Bonchev–Trinajstić information content (AvgIpc) is 3.06. The van der Waals surface area contributed by atoms with Crippen molar-refractivity contribution in [2.75, 3.05) is 7.11 Å². The van der Waals surface area contributed by atoms with Crippen LogP contribution in [0.1, 0.15) is 36.0 Å². The van der Waals surface area contributed by atoms with Crippen molar-refractivity contribution in [3.8, 4) is 11.5 Å². The SMILES string of the molecule is COc1cccc(C(C)NC(c2ccccc2F)c2nccn2C)c1O. The highest BCUT2D eigenvalue weighted by Gasteiger charge is 2.25. The summed E-state index contributed by atoms with van der Waals surface area (Å²) in [5, 5.41) is 13.8. The smallest absolute Gasteiger partial charge is 0.162 e. The molecule has 1 aromatic heterocycles. The van der Waals surface area contributed by atoms with E-state index in [-0.39, 0.29) is 17.6 Å². The van der Waals surface area contributed by atoms with Gasteiger partial charge in [0.25, 0.3) is 0 Å². The van der Waals surface area contributed by atoms with Gasteiger partial charge in [-0.05, 0) is 19.1 Å². The summed E-state index contributed by atoms with van der Waals surface area (Å²) in [6.45, 7) is 1.91. The molecule has 0 saturated heterocycles. The number of rotatable bonds is 6. The van der Waals surface area contributed by atoms with Gasteiger partial charge in [-0.15, -0.1) is 0 Å². The molecule has 2 unspecified atom stereocenters. The number of imidazole rings is 1. The van der Waals surface area contributed by atoms with Gasteiger partial charge < -0.3 is 14.4 Å². The number of benzene rings is 2. The minimum Gasteiger partial charge on any atom is -0.504 e. The molecule has 0 aliphatic heterocycles. The van der Waals surface area contributed by atoms with Crippen molar-refractivity contribution in [3.05, 3.63) is 77.6 Å². The van der Waals surface area contributed by atoms with E-state index in [1.54, 1.807) is 30.5 Å². The van der Waals surface area contributed by atoms with Crippen molar-refractivity contribution in [1.29, 1.82) is 0 Å². The van der Waals surface area contributed by atoms with E-state index in [0.717, 1.165) is 0 Å². The average molecular weight is 355 g/mol. The number of hydrogen-bond donors (Lipinski definition) is 2. The van der Waals surface area contributed by atoms with Crippen molar-refractivity contribution in [3.63, 3.8) is 0 Å². The minimum atomic E-state index is -0.475. The van der Waals surface area contributed by atoms with E-state index >= 15 is 0 Å². The molecule has 3 aromatic rings. The molecule has 3 rings (SSSR count). The van der Waals surface area contributed by atoms with Crippen LogP contribution in [0.2, 0.25) is 0 Å². The lowest BCUT2D eigenvalue weighted by Gasteiger charge is -2.25. The fraction of sp³-hybridized carbons (Fsp3) is 0.250. The molecule has 5 nitrogen and oxygen atoms in total. The third-order valence-corrected chi connectivity index (χ3v) is 4.47. The zero-order valence-corrected chi connectivity index (χ0v) is 15.0. The zero-order chi connectivity index (χ0) is 18.7. The largest absolute Gasteiger partial charge is 0.504 e. The molecule has 2 N–H and O–H groups in total. The van der Waals surface area contributed by atoms with Crippen molar-refractivity contribution in [2.24, 2.45) is 7.05 Å². The van der Waals surface area contributed by atoms with Crippen LogP contribution in [-0.4, -0.2) is 21.8 Å². The number of methoxy groups -OCH3 is 1. The number of nitrogens with zero attached hydrogens (tertiary/aromatic N) is 2. The Kier molecular flexibility index (Phi) is 5.23. The lowest BCUT2D eigenvalue weighted by Crippen LogP contribution is -2.28. The second kappa shape index (κ2) is 7.58. The maximum Gasteiger partial charge on any atom is 0.162 e. The third kappa shape index (κ3) is 3.41. The number of aromatic nitrogens is 2. The van der Waals surface area contributed by atoms with E-state index in [1.807, 2.05) is 36.9 Å². The van der Waals surface area contributed by atoms with E-state index in [2.05, 4.69) is 10.3 Å². The Morgan fingerprint density at radius 3 is 2.54 bits per heavy atom. The fourth-order valence-electron chi connectivity index (χ4n) is 3.06. The Hall–Kier alpha value is -2.86. The molecular formula is C20H22FN3O2. The summed E-state index contributed by atoms with van der Waals surface area (Å²) in [4.78, 5) is 4.38. The monoisotopic (exact) mass is 355 g/mol. The number of hydrogen-bond acceptors (Lipinski definition) is 4. The zero-order valence-electron chi connectivity index (χ0n) is 15.0. The van der Waals surface area contributed by atoms with Crippen molar-refractivity contribution in [1.82, 2.24) is 14.9 Å². The number of aryl methyl sites for hydroxylation is 1.